The second-order valence-corrected chi connectivity index (χ2v) is 7.31. The predicted molar refractivity (Wildman–Crippen MR) is 103 cm³/mol. The molecule has 0 bridgehead atoms. The van der Waals surface area contributed by atoms with Crippen molar-refractivity contribution >= 4 is 24.0 Å². The fraction of sp³-hybridized carbons (Fsp3) is 0.476. The molecule has 0 spiro atoms. The van der Waals surface area contributed by atoms with E-state index in [1.807, 2.05) is 18.2 Å². The molecule has 2 aliphatic carbocycles. The number of imide groups is 1. The fourth-order valence-electron chi connectivity index (χ4n) is 4.31. The van der Waals surface area contributed by atoms with Crippen molar-refractivity contribution in [3.8, 4) is 0 Å². The van der Waals surface area contributed by atoms with Crippen LogP contribution in [-0.4, -0.2) is 54.1 Å². The Morgan fingerprint density at radius 3 is 2.76 bits per heavy atom. The number of pyridine rings is 1. The van der Waals surface area contributed by atoms with Crippen LogP contribution in [0.4, 0.5) is 4.79 Å². The summed E-state index contributed by atoms with van der Waals surface area (Å²) in [5.41, 5.74) is 0.997. The fourth-order valence-corrected chi connectivity index (χ4v) is 4.31. The Bertz CT molecular complexity index is 1020. The van der Waals surface area contributed by atoms with Crippen molar-refractivity contribution in [2.75, 3.05) is 20.3 Å². The summed E-state index contributed by atoms with van der Waals surface area (Å²) in [7, 11) is 1.59. The van der Waals surface area contributed by atoms with Crippen LogP contribution in [0.5, 0.6) is 0 Å². The topological polar surface area (TPSA) is 88.8 Å². The van der Waals surface area contributed by atoms with Crippen LogP contribution in [0.25, 0.3) is 6.08 Å². The smallest absolute Gasteiger partial charge is 0.463 e. The van der Waals surface area contributed by atoms with Gasteiger partial charge in [0, 0.05) is 18.5 Å². The molecule has 0 radical (unpaired) electrons. The highest BCUT2D eigenvalue weighted by molar-refractivity contribution is 6.08. The monoisotopic (exact) mass is 398 g/mol. The highest BCUT2D eigenvalue weighted by Gasteiger charge is 2.46. The molecule has 0 N–H and O–H groups in total. The van der Waals surface area contributed by atoms with Crippen molar-refractivity contribution in [2.45, 2.75) is 44.8 Å². The van der Waals surface area contributed by atoms with E-state index in [4.69, 9.17) is 9.47 Å². The molecule has 1 aliphatic heterocycles. The first-order valence-electron chi connectivity index (χ1n) is 9.94. The first kappa shape index (κ1) is 19.4. The number of hydrogen-bond acceptors (Lipinski definition) is 6. The Morgan fingerprint density at radius 1 is 1.31 bits per heavy atom. The molecule has 152 valence electrons. The summed E-state index contributed by atoms with van der Waals surface area (Å²) in [6.07, 6.45) is 10.5. The SMILES string of the molecule is CCOC(=O)CN1C(=O)c2cnc3c(c2=[N+](C2CCCC2)C1=O)=CC=CC3OC. The number of nitrogens with zero attached hydrogens (tertiary/aromatic N) is 3. The Kier molecular flexibility index (Phi) is 5.27. The summed E-state index contributed by atoms with van der Waals surface area (Å²) in [6.45, 7) is 1.46. The summed E-state index contributed by atoms with van der Waals surface area (Å²) in [5, 5.41) is 1.30. The molecular weight excluding hydrogens is 374 g/mol. The molecule has 3 aliphatic rings. The molecule has 29 heavy (non-hydrogen) atoms. The average Bonchev–Trinajstić information content (AvgIpc) is 3.25. The summed E-state index contributed by atoms with van der Waals surface area (Å²) in [6, 6.07) is -0.501. The molecule has 0 aromatic carbocycles. The maximum Gasteiger partial charge on any atom is 0.502 e. The van der Waals surface area contributed by atoms with E-state index in [2.05, 4.69) is 4.98 Å². The van der Waals surface area contributed by atoms with E-state index >= 15 is 0 Å². The Labute approximate surface area is 168 Å². The Morgan fingerprint density at radius 2 is 2.07 bits per heavy atom. The third-order valence-corrected chi connectivity index (χ3v) is 5.63. The number of fused-ring (bicyclic) bond motifs is 3. The van der Waals surface area contributed by atoms with Crippen molar-refractivity contribution in [3.05, 3.63) is 40.2 Å². The third kappa shape index (κ3) is 3.27. The minimum atomic E-state index is -0.608. The van der Waals surface area contributed by atoms with E-state index in [0.717, 1.165) is 35.8 Å². The second kappa shape index (κ2) is 7.87. The minimum Gasteiger partial charge on any atom is -0.463 e. The van der Waals surface area contributed by atoms with Crippen LogP contribution in [-0.2, 0) is 14.3 Å². The lowest BCUT2D eigenvalue weighted by Crippen LogP contribution is -2.62. The third-order valence-electron chi connectivity index (χ3n) is 5.63. The van der Waals surface area contributed by atoms with Gasteiger partial charge < -0.3 is 9.47 Å². The highest BCUT2D eigenvalue weighted by Crippen LogP contribution is 2.22. The summed E-state index contributed by atoms with van der Waals surface area (Å²) < 4.78 is 12.1. The summed E-state index contributed by atoms with van der Waals surface area (Å²) in [5.74, 6) is -1.14. The molecular formula is C21H24N3O5+. The lowest BCUT2D eigenvalue weighted by molar-refractivity contribution is -0.143. The van der Waals surface area contributed by atoms with Crippen molar-refractivity contribution in [1.82, 2.24) is 14.5 Å². The zero-order valence-electron chi connectivity index (χ0n) is 16.6. The molecule has 2 heterocycles. The second-order valence-electron chi connectivity index (χ2n) is 7.31. The standard InChI is InChI=1S/C21H24N3O5/c1-3-29-17(25)12-23-20(26)15-11-22-18-14(9-6-10-16(18)28-2)19(15)24(21(23)27)13-7-4-5-8-13/h6,9-11,13,16H,3-5,7-8,12H2,1-2H3/q+1. The first-order chi connectivity index (χ1) is 14.1. The van der Waals surface area contributed by atoms with Gasteiger partial charge in [0.2, 0.25) is 0 Å². The number of methoxy groups -OCH3 is 1. The molecule has 8 heteroatoms. The van der Waals surface area contributed by atoms with Gasteiger partial charge in [-0.25, -0.2) is 9.59 Å². The van der Waals surface area contributed by atoms with Gasteiger partial charge in [0.25, 0.3) is 0 Å². The van der Waals surface area contributed by atoms with Crippen LogP contribution in [0.2, 0.25) is 0 Å². The predicted octanol–water partition coefficient (Wildman–Crippen LogP) is 0.692. The van der Waals surface area contributed by atoms with Gasteiger partial charge in [-0.2, -0.15) is 9.37 Å². The quantitative estimate of drug-likeness (QED) is 0.536. The largest absolute Gasteiger partial charge is 0.502 e. The number of carbonyl (C=O) groups is 3. The van der Waals surface area contributed by atoms with Crippen molar-refractivity contribution in [3.63, 3.8) is 0 Å². The number of allylic oxidation sites excluding steroid dienone is 1. The minimum absolute atomic E-state index is 0.0224. The van der Waals surface area contributed by atoms with Crippen LogP contribution in [0.1, 0.15) is 54.8 Å². The average molecular weight is 398 g/mol. The van der Waals surface area contributed by atoms with E-state index in [0.29, 0.717) is 16.6 Å². The number of esters is 1. The van der Waals surface area contributed by atoms with Gasteiger partial charge in [-0.1, -0.05) is 6.08 Å². The van der Waals surface area contributed by atoms with E-state index in [9.17, 15) is 14.4 Å². The lowest BCUT2D eigenvalue weighted by atomic mass is 10.0. The van der Waals surface area contributed by atoms with Crippen LogP contribution in [0, 0.1) is 0 Å². The molecule has 1 fully saturated rings. The van der Waals surface area contributed by atoms with Gasteiger partial charge in [-0.15, -0.1) is 4.90 Å². The lowest BCUT2D eigenvalue weighted by Gasteiger charge is -2.24. The molecule has 1 aromatic heterocycles. The zero-order chi connectivity index (χ0) is 20.5. The first-order valence-corrected chi connectivity index (χ1v) is 9.94. The molecule has 1 atom stereocenters. The molecule has 1 aromatic rings. The van der Waals surface area contributed by atoms with E-state index in [1.165, 1.54) is 6.20 Å². The number of aromatic nitrogens is 1. The number of carbonyl (C=O) groups excluding carboxylic acids is 3. The molecule has 1 saturated carbocycles. The van der Waals surface area contributed by atoms with E-state index < -0.39 is 24.5 Å². The summed E-state index contributed by atoms with van der Waals surface area (Å²) >= 11 is 0. The van der Waals surface area contributed by atoms with Crippen LogP contribution in [0.3, 0.4) is 0 Å². The normalized spacial score (nSPS) is 21.1. The maximum atomic E-state index is 13.4. The van der Waals surface area contributed by atoms with Crippen molar-refractivity contribution in [2.24, 2.45) is 0 Å². The number of amides is 3. The van der Waals surface area contributed by atoms with Gasteiger partial charge in [-0.05, 0) is 44.8 Å². The number of ether oxygens (including phenoxy) is 2. The van der Waals surface area contributed by atoms with Crippen LogP contribution < -0.4 is 15.2 Å². The van der Waals surface area contributed by atoms with Gasteiger partial charge >= 0.3 is 17.9 Å². The van der Waals surface area contributed by atoms with Gasteiger partial charge in [0.15, 0.2) is 11.9 Å². The highest BCUT2D eigenvalue weighted by atomic mass is 16.5. The van der Waals surface area contributed by atoms with E-state index in [1.54, 1.807) is 18.6 Å². The molecule has 4 rings (SSSR count). The zero-order valence-corrected chi connectivity index (χ0v) is 16.6. The number of rotatable bonds is 5. The number of hydrogen-bond donors (Lipinski definition) is 0. The van der Waals surface area contributed by atoms with Crippen molar-refractivity contribution < 1.29 is 23.9 Å². The van der Waals surface area contributed by atoms with Crippen molar-refractivity contribution in [1.29, 1.82) is 0 Å². The van der Waals surface area contributed by atoms with Gasteiger partial charge in [0.05, 0.1) is 12.3 Å². The van der Waals surface area contributed by atoms with E-state index in [-0.39, 0.29) is 18.8 Å². The van der Waals surface area contributed by atoms with Crippen LogP contribution in [0.15, 0.2) is 18.3 Å². The Balaban J connectivity index is 1.94. The Hall–Kier alpha value is -2.87. The number of urea groups is 1. The summed E-state index contributed by atoms with van der Waals surface area (Å²) in [4.78, 5) is 44.0. The van der Waals surface area contributed by atoms with Gasteiger partial charge in [-0.3, -0.25) is 4.98 Å². The molecule has 3 amide bonds. The molecule has 8 nitrogen and oxygen atoms in total. The van der Waals surface area contributed by atoms with Crippen LogP contribution >= 0.6 is 0 Å². The molecule has 0 saturated heterocycles. The van der Waals surface area contributed by atoms with Gasteiger partial charge in [0.1, 0.15) is 17.7 Å². The molecule has 1 unspecified atom stereocenters. The maximum absolute atomic E-state index is 13.4.